The van der Waals surface area contributed by atoms with E-state index >= 15 is 0 Å². The largest absolute Gasteiger partial charge is 0.508 e. The maximum absolute atomic E-state index is 12.2. The first kappa shape index (κ1) is 14.5. The predicted octanol–water partition coefficient (Wildman–Crippen LogP) is 1.80. The SMILES string of the molecule is Cc1c(O)cccc1C(=O)NC(C)(CN)C(C)C. The van der Waals surface area contributed by atoms with E-state index in [4.69, 9.17) is 5.73 Å². The molecule has 1 amide bonds. The molecule has 0 saturated heterocycles. The lowest BCUT2D eigenvalue weighted by molar-refractivity contribution is 0.0882. The number of amides is 1. The van der Waals surface area contributed by atoms with E-state index in [0.717, 1.165) is 0 Å². The van der Waals surface area contributed by atoms with Crippen LogP contribution in [0.5, 0.6) is 5.75 Å². The molecule has 0 aliphatic carbocycles. The van der Waals surface area contributed by atoms with Gasteiger partial charge in [-0.1, -0.05) is 19.9 Å². The van der Waals surface area contributed by atoms with Crippen molar-refractivity contribution in [1.82, 2.24) is 5.32 Å². The number of phenolic OH excluding ortho intramolecular Hbond substituents is 1. The Bertz CT molecular complexity index is 443. The van der Waals surface area contributed by atoms with E-state index in [9.17, 15) is 9.90 Å². The van der Waals surface area contributed by atoms with E-state index in [-0.39, 0.29) is 17.6 Å². The number of phenols is 1. The minimum absolute atomic E-state index is 0.127. The molecule has 1 aromatic rings. The molecule has 0 aliphatic heterocycles. The summed E-state index contributed by atoms with van der Waals surface area (Å²) in [6.45, 7) is 8.05. The third-order valence-corrected chi connectivity index (χ3v) is 3.65. The van der Waals surface area contributed by atoms with E-state index in [1.54, 1.807) is 25.1 Å². The van der Waals surface area contributed by atoms with Crippen LogP contribution in [0.1, 0.15) is 36.7 Å². The van der Waals surface area contributed by atoms with Crippen molar-refractivity contribution in [2.24, 2.45) is 11.7 Å². The Balaban J connectivity index is 2.99. The lowest BCUT2D eigenvalue weighted by atomic mass is 9.88. The molecule has 1 atom stereocenters. The summed E-state index contributed by atoms with van der Waals surface area (Å²) >= 11 is 0. The lowest BCUT2D eigenvalue weighted by Crippen LogP contribution is -2.55. The van der Waals surface area contributed by atoms with Gasteiger partial charge in [-0.3, -0.25) is 4.79 Å². The van der Waals surface area contributed by atoms with Crippen molar-refractivity contribution >= 4 is 5.91 Å². The Morgan fingerprint density at radius 1 is 1.50 bits per heavy atom. The molecule has 0 heterocycles. The van der Waals surface area contributed by atoms with Gasteiger partial charge in [0, 0.05) is 17.7 Å². The van der Waals surface area contributed by atoms with Crippen molar-refractivity contribution in [2.45, 2.75) is 33.2 Å². The zero-order chi connectivity index (χ0) is 13.9. The summed E-state index contributed by atoms with van der Waals surface area (Å²) in [7, 11) is 0. The van der Waals surface area contributed by atoms with Crippen molar-refractivity contribution in [1.29, 1.82) is 0 Å². The molecule has 0 radical (unpaired) electrons. The molecule has 0 fully saturated rings. The first-order valence-corrected chi connectivity index (χ1v) is 6.13. The average Bonchev–Trinajstić information content (AvgIpc) is 2.32. The van der Waals surface area contributed by atoms with Crippen LogP contribution in [0.2, 0.25) is 0 Å². The molecular weight excluding hydrogens is 228 g/mol. The molecule has 1 aromatic carbocycles. The van der Waals surface area contributed by atoms with E-state index in [2.05, 4.69) is 5.32 Å². The van der Waals surface area contributed by atoms with E-state index in [0.29, 0.717) is 17.7 Å². The van der Waals surface area contributed by atoms with Gasteiger partial charge in [-0.05, 0) is 31.9 Å². The molecular formula is C14H22N2O2. The highest BCUT2D eigenvalue weighted by Crippen LogP contribution is 2.21. The lowest BCUT2D eigenvalue weighted by Gasteiger charge is -2.33. The second-order valence-corrected chi connectivity index (χ2v) is 5.18. The minimum atomic E-state index is -0.449. The number of benzene rings is 1. The van der Waals surface area contributed by atoms with Crippen LogP contribution < -0.4 is 11.1 Å². The second kappa shape index (κ2) is 5.40. The Kier molecular flexibility index (Phi) is 4.35. The molecule has 0 saturated carbocycles. The highest BCUT2D eigenvalue weighted by atomic mass is 16.3. The van der Waals surface area contributed by atoms with Crippen molar-refractivity contribution in [3.8, 4) is 5.75 Å². The van der Waals surface area contributed by atoms with Crippen LogP contribution in [-0.4, -0.2) is 23.1 Å². The Hall–Kier alpha value is -1.55. The van der Waals surface area contributed by atoms with Crippen LogP contribution >= 0.6 is 0 Å². The Morgan fingerprint density at radius 2 is 2.11 bits per heavy atom. The molecule has 100 valence electrons. The number of carbonyl (C=O) groups is 1. The standard InChI is InChI=1S/C14H22N2O2/c1-9(2)14(4,8-15)16-13(18)11-6-5-7-12(17)10(11)3/h5-7,9,17H,8,15H2,1-4H3,(H,16,18). The van der Waals surface area contributed by atoms with Crippen molar-refractivity contribution in [2.75, 3.05) is 6.54 Å². The van der Waals surface area contributed by atoms with Crippen LogP contribution in [0.3, 0.4) is 0 Å². The average molecular weight is 250 g/mol. The topological polar surface area (TPSA) is 75.3 Å². The molecule has 0 spiro atoms. The molecule has 4 N–H and O–H groups in total. The molecule has 18 heavy (non-hydrogen) atoms. The van der Waals surface area contributed by atoms with Crippen molar-refractivity contribution in [3.63, 3.8) is 0 Å². The van der Waals surface area contributed by atoms with Gasteiger partial charge in [0.15, 0.2) is 0 Å². The summed E-state index contributed by atoms with van der Waals surface area (Å²) in [4.78, 5) is 12.2. The zero-order valence-corrected chi connectivity index (χ0v) is 11.4. The fraction of sp³-hybridized carbons (Fsp3) is 0.500. The summed E-state index contributed by atoms with van der Waals surface area (Å²) in [5.41, 5.74) is 6.35. The maximum Gasteiger partial charge on any atom is 0.252 e. The molecule has 0 aromatic heterocycles. The Labute approximate surface area is 108 Å². The smallest absolute Gasteiger partial charge is 0.252 e. The summed E-state index contributed by atoms with van der Waals surface area (Å²) in [6.07, 6.45) is 0. The molecule has 4 heteroatoms. The molecule has 4 nitrogen and oxygen atoms in total. The number of nitrogens with two attached hydrogens (primary N) is 1. The number of hydrogen-bond acceptors (Lipinski definition) is 3. The fourth-order valence-corrected chi connectivity index (χ4v) is 1.63. The van der Waals surface area contributed by atoms with Gasteiger partial charge in [0.2, 0.25) is 0 Å². The summed E-state index contributed by atoms with van der Waals surface area (Å²) in [5, 5.41) is 12.6. The number of rotatable bonds is 4. The van der Waals surface area contributed by atoms with Crippen LogP contribution in [0.15, 0.2) is 18.2 Å². The van der Waals surface area contributed by atoms with Gasteiger partial charge < -0.3 is 16.2 Å². The van der Waals surface area contributed by atoms with Gasteiger partial charge in [-0.2, -0.15) is 0 Å². The first-order chi connectivity index (χ1) is 8.31. The van der Waals surface area contributed by atoms with Crippen LogP contribution in [0, 0.1) is 12.8 Å². The third kappa shape index (κ3) is 2.82. The molecule has 1 unspecified atom stereocenters. The van der Waals surface area contributed by atoms with Gasteiger partial charge in [0.1, 0.15) is 5.75 Å². The van der Waals surface area contributed by atoms with Crippen molar-refractivity contribution in [3.05, 3.63) is 29.3 Å². The Morgan fingerprint density at radius 3 is 2.61 bits per heavy atom. The number of nitrogens with one attached hydrogen (secondary N) is 1. The highest BCUT2D eigenvalue weighted by molar-refractivity contribution is 5.96. The predicted molar refractivity (Wildman–Crippen MR) is 72.6 cm³/mol. The first-order valence-electron chi connectivity index (χ1n) is 6.13. The van der Waals surface area contributed by atoms with E-state index < -0.39 is 5.54 Å². The van der Waals surface area contributed by atoms with E-state index in [1.165, 1.54) is 0 Å². The summed E-state index contributed by atoms with van der Waals surface area (Å²) < 4.78 is 0. The highest BCUT2D eigenvalue weighted by Gasteiger charge is 2.29. The second-order valence-electron chi connectivity index (χ2n) is 5.18. The third-order valence-electron chi connectivity index (χ3n) is 3.65. The summed E-state index contributed by atoms with van der Waals surface area (Å²) in [6, 6.07) is 4.92. The molecule has 1 rings (SSSR count). The van der Waals surface area contributed by atoms with Crippen molar-refractivity contribution < 1.29 is 9.90 Å². The maximum atomic E-state index is 12.2. The normalized spacial score (nSPS) is 14.3. The van der Waals surface area contributed by atoms with E-state index in [1.807, 2.05) is 20.8 Å². The molecule has 0 bridgehead atoms. The summed E-state index contributed by atoms with van der Waals surface area (Å²) in [5.74, 6) is 0.149. The van der Waals surface area contributed by atoms with Gasteiger partial charge in [0.25, 0.3) is 5.91 Å². The number of aromatic hydroxyl groups is 1. The fourth-order valence-electron chi connectivity index (χ4n) is 1.63. The molecule has 0 aliphatic rings. The van der Waals surface area contributed by atoms with Gasteiger partial charge in [-0.15, -0.1) is 0 Å². The van der Waals surface area contributed by atoms with Crippen LogP contribution in [0.4, 0.5) is 0 Å². The van der Waals surface area contributed by atoms with Crippen LogP contribution in [0.25, 0.3) is 0 Å². The quantitative estimate of drug-likeness (QED) is 0.762. The van der Waals surface area contributed by atoms with Gasteiger partial charge >= 0.3 is 0 Å². The zero-order valence-electron chi connectivity index (χ0n) is 11.4. The number of carbonyl (C=O) groups excluding carboxylic acids is 1. The number of hydrogen-bond donors (Lipinski definition) is 3. The monoisotopic (exact) mass is 250 g/mol. The van der Waals surface area contributed by atoms with Crippen LogP contribution in [-0.2, 0) is 0 Å². The minimum Gasteiger partial charge on any atom is -0.508 e. The van der Waals surface area contributed by atoms with Gasteiger partial charge in [0.05, 0.1) is 5.54 Å². The van der Waals surface area contributed by atoms with Gasteiger partial charge in [-0.25, -0.2) is 0 Å².